The molecule has 0 unspecified atom stereocenters. The van der Waals surface area contributed by atoms with Gasteiger partial charge in [-0.05, 0) is 44.9 Å². The third kappa shape index (κ3) is 5.31. The van der Waals surface area contributed by atoms with E-state index in [1.54, 1.807) is 18.2 Å². The molecule has 1 N–H and O–H groups in total. The molecule has 3 atom stereocenters. The van der Waals surface area contributed by atoms with Crippen LogP contribution in [0.4, 0.5) is 0 Å². The molecule has 0 saturated heterocycles. The molecule has 1 fully saturated rings. The van der Waals surface area contributed by atoms with Gasteiger partial charge in [0.25, 0.3) is 5.91 Å². The number of hydrogen-bond donors (Lipinski definition) is 1. The first-order chi connectivity index (χ1) is 15.9. The van der Waals surface area contributed by atoms with Crippen LogP contribution in [0.5, 0.6) is 11.6 Å². The van der Waals surface area contributed by atoms with E-state index >= 15 is 0 Å². The fraction of sp³-hybridized carbons (Fsp3) is 0.538. The molecule has 33 heavy (non-hydrogen) atoms. The van der Waals surface area contributed by atoms with Gasteiger partial charge in [-0.3, -0.25) is 4.79 Å². The molecule has 0 bridgehead atoms. The number of amides is 1. The maximum absolute atomic E-state index is 13.6. The number of likely N-dealkylation sites (N-methyl/N-ethyl adjacent to an activating group) is 1. The van der Waals surface area contributed by atoms with Crippen molar-refractivity contribution in [3.8, 4) is 22.8 Å². The summed E-state index contributed by atoms with van der Waals surface area (Å²) in [6, 6.07) is 9.21. The van der Waals surface area contributed by atoms with E-state index in [-0.39, 0.29) is 30.6 Å². The number of aromatic nitrogens is 1. The van der Waals surface area contributed by atoms with Gasteiger partial charge in [0.05, 0.1) is 19.8 Å². The van der Waals surface area contributed by atoms with Crippen LogP contribution in [0, 0.1) is 11.8 Å². The SMILES string of the molecule is COc1ccccc1-c1cnc2c(c1)C(=O)N([C@H](C)CO)C[C@H](C)[C@H](CN(C)CC1CC1)O2. The summed E-state index contributed by atoms with van der Waals surface area (Å²) >= 11 is 0. The van der Waals surface area contributed by atoms with Crippen molar-refractivity contribution in [1.82, 2.24) is 14.8 Å². The predicted octanol–water partition coefficient (Wildman–Crippen LogP) is 3.32. The lowest BCUT2D eigenvalue weighted by Gasteiger charge is -2.37. The molecule has 178 valence electrons. The highest BCUT2D eigenvalue weighted by atomic mass is 16.5. The Morgan fingerprint density at radius 3 is 2.73 bits per heavy atom. The Labute approximate surface area is 196 Å². The predicted molar refractivity (Wildman–Crippen MR) is 128 cm³/mol. The highest BCUT2D eigenvalue weighted by Crippen LogP contribution is 2.34. The van der Waals surface area contributed by atoms with Gasteiger partial charge in [0.15, 0.2) is 0 Å². The number of pyridine rings is 1. The number of aliphatic hydroxyl groups is 1. The zero-order chi connectivity index (χ0) is 23.5. The summed E-state index contributed by atoms with van der Waals surface area (Å²) in [6.45, 7) is 6.23. The van der Waals surface area contributed by atoms with Crippen LogP contribution in [-0.4, -0.2) is 78.3 Å². The molecule has 1 aliphatic heterocycles. The molecule has 4 rings (SSSR count). The maximum Gasteiger partial charge on any atom is 0.259 e. The normalized spacial score (nSPS) is 21.8. The van der Waals surface area contributed by atoms with Crippen LogP contribution in [0.2, 0.25) is 0 Å². The van der Waals surface area contributed by atoms with Crippen LogP contribution < -0.4 is 9.47 Å². The van der Waals surface area contributed by atoms with Crippen LogP contribution in [0.15, 0.2) is 36.5 Å². The monoisotopic (exact) mass is 453 g/mol. The molecule has 0 spiro atoms. The molecule has 1 aromatic carbocycles. The quantitative estimate of drug-likeness (QED) is 0.661. The Kier molecular flexibility index (Phi) is 7.20. The molecule has 1 aromatic heterocycles. The first-order valence-electron chi connectivity index (χ1n) is 11.8. The zero-order valence-corrected chi connectivity index (χ0v) is 20.0. The molecule has 1 amide bonds. The molecule has 7 heteroatoms. The van der Waals surface area contributed by atoms with Gasteiger partial charge in [0, 0.05) is 42.9 Å². The van der Waals surface area contributed by atoms with E-state index in [1.165, 1.54) is 12.8 Å². The highest BCUT2D eigenvalue weighted by molar-refractivity contribution is 5.98. The summed E-state index contributed by atoms with van der Waals surface area (Å²) in [5.74, 6) is 1.78. The number of hydrogen-bond acceptors (Lipinski definition) is 6. The van der Waals surface area contributed by atoms with Crippen LogP contribution in [0.25, 0.3) is 11.1 Å². The number of fused-ring (bicyclic) bond motifs is 1. The van der Waals surface area contributed by atoms with Crippen molar-refractivity contribution in [3.63, 3.8) is 0 Å². The number of ether oxygens (including phenoxy) is 2. The van der Waals surface area contributed by atoms with Crippen molar-refractivity contribution in [2.24, 2.45) is 11.8 Å². The second kappa shape index (κ2) is 10.1. The Morgan fingerprint density at radius 2 is 2.03 bits per heavy atom. The van der Waals surface area contributed by atoms with E-state index in [4.69, 9.17) is 9.47 Å². The molecule has 1 saturated carbocycles. The number of nitrogens with zero attached hydrogens (tertiary/aromatic N) is 3. The third-order valence-electron chi connectivity index (χ3n) is 6.70. The first-order valence-corrected chi connectivity index (χ1v) is 11.8. The fourth-order valence-electron chi connectivity index (χ4n) is 4.47. The third-order valence-corrected chi connectivity index (χ3v) is 6.70. The molecule has 2 aliphatic rings. The van der Waals surface area contributed by atoms with E-state index in [1.807, 2.05) is 37.3 Å². The van der Waals surface area contributed by atoms with Crippen molar-refractivity contribution in [2.75, 3.05) is 40.4 Å². The first kappa shape index (κ1) is 23.5. The molecule has 2 aromatic rings. The van der Waals surface area contributed by atoms with Crippen LogP contribution in [0.3, 0.4) is 0 Å². The number of methoxy groups -OCH3 is 1. The second-order valence-corrected chi connectivity index (χ2v) is 9.56. The standard InChI is InChI=1S/C26H35N3O4/c1-17-13-29(18(2)16-30)26(31)22-11-20(21-7-5-6-8-23(21)32-4)12-27-25(22)33-24(17)15-28(3)14-19-9-10-19/h5-8,11-12,17-19,24,30H,9-10,13-16H2,1-4H3/t17-,18+,24-/m0/s1. The molecule has 2 heterocycles. The van der Waals surface area contributed by atoms with Gasteiger partial charge in [0.2, 0.25) is 5.88 Å². The van der Waals surface area contributed by atoms with Crippen LogP contribution in [0.1, 0.15) is 37.0 Å². The average molecular weight is 454 g/mol. The fourth-order valence-corrected chi connectivity index (χ4v) is 4.47. The van der Waals surface area contributed by atoms with Gasteiger partial charge >= 0.3 is 0 Å². The largest absolute Gasteiger partial charge is 0.496 e. The topological polar surface area (TPSA) is 75.1 Å². The molecular weight excluding hydrogens is 418 g/mol. The summed E-state index contributed by atoms with van der Waals surface area (Å²) in [7, 11) is 3.76. The van der Waals surface area contributed by atoms with Crippen molar-refractivity contribution in [2.45, 2.75) is 38.8 Å². The smallest absolute Gasteiger partial charge is 0.259 e. The van der Waals surface area contributed by atoms with E-state index in [0.717, 1.165) is 30.1 Å². The van der Waals surface area contributed by atoms with E-state index in [9.17, 15) is 9.90 Å². The minimum atomic E-state index is -0.300. The Balaban J connectivity index is 1.71. The number of benzene rings is 1. The number of carbonyl (C=O) groups is 1. The zero-order valence-electron chi connectivity index (χ0n) is 20.0. The van der Waals surface area contributed by atoms with E-state index < -0.39 is 0 Å². The van der Waals surface area contributed by atoms with Crippen molar-refractivity contribution in [1.29, 1.82) is 0 Å². The lowest BCUT2D eigenvalue weighted by Crippen LogP contribution is -2.50. The summed E-state index contributed by atoms with van der Waals surface area (Å²) in [4.78, 5) is 22.3. The van der Waals surface area contributed by atoms with E-state index in [0.29, 0.717) is 23.7 Å². The van der Waals surface area contributed by atoms with Gasteiger partial charge in [-0.2, -0.15) is 0 Å². The van der Waals surface area contributed by atoms with Crippen molar-refractivity contribution >= 4 is 5.91 Å². The van der Waals surface area contributed by atoms with E-state index in [2.05, 4.69) is 23.9 Å². The lowest BCUT2D eigenvalue weighted by atomic mass is 9.99. The van der Waals surface area contributed by atoms with Crippen molar-refractivity contribution in [3.05, 3.63) is 42.1 Å². The molecule has 1 aliphatic carbocycles. The van der Waals surface area contributed by atoms with Gasteiger partial charge in [-0.15, -0.1) is 0 Å². The second-order valence-electron chi connectivity index (χ2n) is 9.56. The average Bonchev–Trinajstić information content (AvgIpc) is 3.64. The summed E-state index contributed by atoms with van der Waals surface area (Å²) in [5, 5.41) is 9.85. The summed E-state index contributed by atoms with van der Waals surface area (Å²) in [6.07, 6.45) is 4.23. The number of aliphatic hydroxyl groups excluding tert-OH is 1. The molecule has 0 radical (unpaired) electrons. The maximum atomic E-state index is 13.6. The molecular formula is C26H35N3O4. The van der Waals surface area contributed by atoms with Gasteiger partial charge < -0.3 is 24.4 Å². The summed E-state index contributed by atoms with van der Waals surface area (Å²) in [5.41, 5.74) is 2.07. The number of rotatable bonds is 8. The van der Waals surface area contributed by atoms with Crippen molar-refractivity contribution < 1.29 is 19.4 Å². The van der Waals surface area contributed by atoms with Gasteiger partial charge in [-0.1, -0.05) is 25.1 Å². The minimum absolute atomic E-state index is 0.0912. The lowest BCUT2D eigenvalue weighted by molar-refractivity contribution is 0.0328. The number of carbonyl (C=O) groups excluding carboxylic acids is 1. The van der Waals surface area contributed by atoms with Crippen LogP contribution in [-0.2, 0) is 0 Å². The number of para-hydroxylation sites is 1. The van der Waals surface area contributed by atoms with Crippen LogP contribution >= 0.6 is 0 Å². The summed E-state index contributed by atoms with van der Waals surface area (Å²) < 4.78 is 11.9. The highest BCUT2D eigenvalue weighted by Gasteiger charge is 2.35. The minimum Gasteiger partial charge on any atom is -0.496 e. The Bertz CT molecular complexity index is 978. The Hall–Kier alpha value is -2.64. The molecule has 7 nitrogen and oxygen atoms in total. The van der Waals surface area contributed by atoms with Gasteiger partial charge in [0.1, 0.15) is 17.4 Å². The Morgan fingerprint density at radius 1 is 1.27 bits per heavy atom. The van der Waals surface area contributed by atoms with Gasteiger partial charge in [-0.25, -0.2) is 4.98 Å².